The normalized spacial score (nSPS) is 15.7. The van der Waals surface area contributed by atoms with Gasteiger partial charge in [-0.2, -0.15) is 5.26 Å². The molecule has 1 aliphatic rings. The summed E-state index contributed by atoms with van der Waals surface area (Å²) in [6.07, 6.45) is 0. The second-order valence-electron chi connectivity index (χ2n) is 5.87. The maximum atomic E-state index is 12.7. The highest BCUT2D eigenvalue weighted by Crippen LogP contribution is 2.45. The lowest BCUT2D eigenvalue weighted by atomic mass is 9.83. The summed E-state index contributed by atoms with van der Waals surface area (Å²) >= 11 is 0. The molecular formula is C19H11N3O5. The van der Waals surface area contributed by atoms with Crippen LogP contribution in [0.4, 0.5) is 5.69 Å². The van der Waals surface area contributed by atoms with Gasteiger partial charge in [-0.25, -0.2) is 4.79 Å². The van der Waals surface area contributed by atoms with Gasteiger partial charge in [0.1, 0.15) is 17.2 Å². The van der Waals surface area contributed by atoms with Crippen LogP contribution in [0.15, 0.2) is 69.2 Å². The van der Waals surface area contributed by atoms with E-state index in [0.29, 0.717) is 5.39 Å². The van der Waals surface area contributed by atoms with Crippen molar-refractivity contribution in [2.24, 2.45) is 5.73 Å². The fourth-order valence-corrected chi connectivity index (χ4v) is 3.27. The Labute approximate surface area is 151 Å². The van der Waals surface area contributed by atoms with Crippen molar-refractivity contribution in [3.63, 3.8) is 0 Å². The predicted octanol–water partition coefficient (Wildman–Crippen LogP) is 2.92. The summed E-state index contributed by atoms with van der Waals surface area (Å²) < 4.78 is 10.9. The van der Waals surface area contributed by atoms with Gasteiger partial charge < -0.3 is 14.9 Å². The Morgan fingerprint density at radius 1 is 1.15 bits per heavy atom. The van der Waals surface area contributed by atoms with Crippen molar-refractivity contribution in [1.82, 2.24) is 0 Å². The molecule has 8 heteroatoms. The van der Waals surface area contributed by atoms with Gasteiger partial charge >= 0.3 is 5.63 Å². The minimum absolute atomic E-state index is 0.00810. The molecule has 1 aromatic heterocycles. The Kier molecular flexibility index (Phi) is 3.63. The molecule has 2 heterocycles. The van der Waals surface area contributed by atoms with E-state index >= 15 is 0 Å². The van der Waals surface area contributed by atoms with Crippen molar-refractivity contribution in [3.05, 3.63) is 91.6 Å². The zero-order chi connectivity index (χ0) is 19.1. The molecule has 1 atom stereocenters. The first-order valence-corrected chi connectivity index (χ1v) is 7.89. The number of hydrogen-bond acceptors (Lipinski definition) is 7. The Balaban J connectivity index is 2.12. The molecule has 2 N–H and O–H groups in total. The summed E-state index contributed by atoms with van der Waals surface area (Å²) in [5, 5.41) is 21.6. The Morgan fingerprint density at radius 3 is 2.59 bits per heavy atom. The Morgan fingerprint density at radius 2 is 1.85 bits per heavy atom. The number of nitro groups is 1. The van der Waals surface area contributed by atoms with Crippen LogP contribution in [-0.4, -0.2) is 4.92 Å². The van der Waals surface area contributed by atoms with E-state index in [1.165, 1.54) is 18.2 Å². The van der Waals surface area contributed by atoms with Gasteiger partial charge in [-0.15, -0.1) is 0 Å². The van der Waals surface area contributed by atoms with Crippen molar-refractivity contribution in [2.45, 2.75) is 5.92 Å². The van der Waals surface area contributed by atoms with Crippen molar-refractivity contribution in [3.8, 4) is 11.8 Å². The van der Waals surface area contributed by atoms with Crippen LogP contribution in [0.1, 0.15) is 17.0 Å². The zero-order valence-corrected chi connectivity index (χ0v) is 13.7. The monoisotopic (exact) mass is 361 g/mol. The third-order valence-electron chi connectivity index (χ3n) is 4.42. The average molecular weight is 361 g/mol. The van der Waals surface area contributed by atoms with E-state index in [1.807, 2.05) is 6.07 Å². The maximum absolute atomic E-state index is 12.7. The lowest BCUT2D eigenvalue weighted by Gasteiger charge is -2.25. The van der Waals surface area contributed by atoms with Crippen LogP contribution in [-0.2, 0) is 0 Å². The molecule has 0 aliphatic carbocycles. The second-order valence-corrected chi connectivity index (χ2v) is 5.87. The molecular weight excluding hydrogens is 350 g/mol. The van der Waals surface area contributed by atoms with Crippen LogP contribution in [0.2, 0.25) is 0 Å². The first kappa shape index (κ1) is 16.4. The van der Waals surface area contributed by atoms with Crippen molar-refractivity contribution in [2.75, 3.05) is 0 Å². The molecule has 0 spiro atoms. The Bertz CT molecular complexity index is 1240. The number of rotatable bonds is 2. The molecule has 4 rings (SSSR count). The first-order chi connectivity index (χ1) is 13.0. The van der Waals surface area contributed by atoms with Gasteiger partial charge in [-0.3, -0.25) is 10.1 Å². The lowest BCUT2D eigenvalue weighted by Crippen LogP contribution is -2.26. The standard InChI is InChI=1S/C19H11N3O5/c20-9-12-15(10-5-1-3-7-13(10)22(24)25)16-17(27-18(12)21)11-6-2-4-8-14(11)26-19(16)23/h1-8,15H,21H2/t15-/m0/s1. The molecule has 2 aromatic carbocycles. The summed E-state index contributed by atoms with van der Waals surface area (Å²) in [4.78, 5) is 23.6. The molecule has 3 aromatic rings. The lowest BCUT2D eigenvalue weighted by molar-refractivity contribution is -0.385. The van der Waals surface area contributed by atoms with E-state index < -0.39 is 16.5 Å². The molecule has 27 heavy (non-hydrogen) atoms. The van der Waals surface area contributed by atoms with Gasteiger partial charge in [-0.05, 0) is 12.1 Å². The van der Waals surface area contributed by atoms with Crippen LogP contribution in [0.3, 0.4) is 0 Å². The highest BCUT2D eigenvalue weighted by atomic mass is 16.6. The van der Waals surface area contributed by atoms with E-state index in [-0.39, 0.29) is 39.6 Å². The maximum Gasteiger partial charge on any atom is 0.344 e. The number of ether oxygens (including phenoxy) is 1. The number of allylic oxidation sites excluding steroid dienone is 1. The summed E-state index contributed by atoms with van der Waals surface area (Å²) in [7, 11) is 0. The highest BCUT2D eigenvalue weighted by Gasteiger charge is 2.38. The molecule has 0 saturated heterocycles. The second kappa shape index (κ2) is 6.00. The number of nitrogens with zero attached hydrogens (tertiary/aromatic N) is 2. The molecule has 1 aliphatic heterocycles. The van der Waals surface area contributed by atoms with Crippen LogP contribution in [0.5, 0.6) is 5.75 Å². The smallest absolute Gasteiger partial charge is 0.344 e. The summed E-state index contributed by atoms with van der Waals surface area (Å²) in [6.45, 7) is 0. The molecule has 8 nitrogen and oxygen atoms in total. The van der Waals surface area contributed by atoms with Crippen LogP contribution < -0.4 is 16.1 Å². The van der Waals surface area contributed by atoms with E-state index in [9.17, 15) is 20.2 Å². The number of nitro benzene ring substituents is 1. The van der Waals surface area contributed by atoms with Crippen molar-refractivity contribution in [1.29, 1.82) is 5.26 Å². The third-order valence-corrected chi connectivity index (χ3v) is 4.42. The van der Waals surface area contributed by atoms with Crippen LogP contribution in [0, 0.1) is 21.4 Å². The van der Waals surface area contributed by atoms with Gasteiger partial charge in [0.2, 0.25) is 5.88 Å². The van der Waals surface area contributed by atoms with Gasteiger partial charge in [0, 0.05) is 11.6 Å². The molecule has 0 bridgehead atoms. The molecule has 0 radical (unpaired) electrons. The zero-order valence-electron chi connectivity index (χ0n) is 13.7. The fraction of sp³-hybridized carbons (Fsp3) is 0.0526. The molecule has 0 amide bonds. The number of hydrogen-bond donors (Lipinski definition) is 1. The van der Waals surface area contributed by atoms with Crippen LogP contribution in [0.25, 0.3) is 11.0 Å². The van der Waals surface area contributed by atoms with Crippen molar-refractivity contribution < 1.29 is 14.1 Å². The van der Waals surface area contributed by atoms with E-state index in [1.54, 1.807) is 30.3 Å². The van der Waals surface area contributed by atoms with Gasteiger partial charge in [0.15, 0.2) is 5.75 Å². The van der Waals surface area contributed by atoms with Crippen molar-refractivity contribution >= 4 is 16.7 Å². The third kappa shape index (κ3) is 2.41. The summed E-state index contributed by atoms with van der Waals surface area (Å²) in [5.41, 5.74) is 5.33. The largest absolute Gasteiger partial charge is 0.439 e. The first-order valence-electron chi connectivity index (χ1n) is 7.89. The quantitative estimate of drug-likeness (QED) is 0.421. The minimum Gasteiger partial charge on any atom is -0.439 e. The van der Waals surface area contributed by atoms with Gasteiger partial charge in [0.25, 0.3) is 5.69 Å². The fourth-order valence-electron chi connectivity index (χ4n) is 3.27. The number of nitriles is 1. The van der Waals surface area contributed by atoms with E-state index in [4.69, 9.17) is 14.9 Å². The minimum atomic E-state index is -1.07. The van der Waals surface area contributed by atoms with E-state index in [0.717, 1.165) is 0 Å². The number of para-hydroxylation sites is 2. The predicted molar refractivity (Wildman–Crippen MR) is 94.9 cm³/mol. The number of fused-ring (bicyclic) bond motifs is 3. The summed E-state index contributed by atoms with van der Waals surface area (Å²) in [6, 6.07) is 14.5. The molecule has 0 unspecified atom stereocenters. The van der Waals surface area contributed by atoms with E-state index in [2.05, 4.69) is 0 Å². The average Bonchev–Trinajstić information content (AvgIpc) is 2.67. The summed E-state index contributed by atoms with van der Waals surface area (Å²) in [5.74, 6) is -1.13. The Hall–Kier alpha value is -4.12. The topological polar surface area (TPSA) is 132 Å². The number of benzene rings is 2. The SMILES string of the molecule is N#CC1=C(N)Oc2c(c(=O)oc3ccccc23)[C@H]1c1ccccc1[N+](=O)[O-]. The van der Waals surface area contributed by atoms with Gasteiger partial charge in [-0.1, -0.05) is 30.3 Å². The molecule has 0 fully saturated rings. The molecule has 0 saturated carbocycles. The van der Waals surface area contributed by atoms with Crippen LogP contribution >= 0.6 is 0 Å². The molecule has 132 valence electrons. The van der Waals surface area contributed by atoms with Gasteiger partial charge in [0.05, 0.1) is 21.8 Å². The number of nitrogens with two attached hydrogens (primary N) is 1. The highest BCUT2D eigenvalue weighted by molar-refractivity contribution is 5.86.